The van der Waals surface area contributed by atoms with Gasteiger partial charge in [-0.3, -0.25) is 5.41 Å². The van der Waals surface area contributed by atoms with Crippen LogP contribution < -0.4 is 0 Å². The molecular weight excluding hydrogens is 236 g/mol. The third-order valence-electron chi connectivity index (χ3n) is 2.27. The Balaban J connectivity index is 4.40. The van der Waals surface area contributed by atoms with Crippen LogP contribution in [0.4, 0.5) is 4.79 Å². The summed E-state index contributed by atoms with van der Waals surface area (Å²) < 4.78 is 9.62. The molecule has 1 N–H and O–H groups in total. The van der Waals surface area contributed by atoms with Crippen molar-refractivity contribution < 1.29 is 19.1 Å². The van der Waals surface area contributed by atoms with E-state index in [4.69, 9.17) is 10.1 Å². The first-order valence-electron chi connectivity index (χ1n) is 5.70. The second-order valence-corrected chi connectivity index (χ2v) is 5.11. The molecule has 0 aromatic heterocycles. The first-order chi connectivity index (χ1) is 8.08. The lowest BCUT2D eigenvalue weighted by atomic mass is 10.1. The van der Waals surface area contributed by atoms with E-state index in [0.717, 1.165) is 0 Å². The molecule has 0 saturated carbocycles. The molecule has 0 heterocycles. The van der Waals surface area contributed by atoms with E-state index in [-0.39, 0.29) is 18.2 Å². The fraction of sp³-hybridized carbons (Fsp3) is 0.750. The fourth-order valence-electron chi connectivity index (χ4n) is 1.18. The maximum Gasteiger partial charge on any atom is 0.409 e. The molecule has 0 bridgehead atoms. The van der Waals surface area contributed by atoms with E-state index in [1.807, 2.05) is 0 Å². The molecule has 0 fully saturated rings. The van der Waals surface area contributed by atoms with Gasteiger partial charge in [0.05, 0.1) is 7.11 Å². The van der Waals surface area contributed by atoms with E-state index >= 15 is 0 Å². The van der Waals surface area contributed by atoms with Crippen molar-refractivity contribution in [3.63, 3.8) is 0 Å². The highest BCUT2D eigenvalue weighted by atomic mass is 16.6. The van der Waals surface area contributed by atoms with E-state index in [2.05, 4.69) is 4.74 Å². The topological polar surface area (TPSA) is 79.7 Å². The molecule has 0 aliphatic carbocycles. The number of nitrogens with zero attached hydrogens (tertiary/aromatic N) is 1. The second kappa shape index (κ2) is 6.37. The molecule has 0 aromatic carbocycles. The van der Waals surface area contributed by atoms with Gasteiger partial charge in [-0.15, -0.1) is 0 Å². The van der Waals surface area contributed by atoms with Crippen LogP contribution in [0, 0.1) is 5.41 Å². The maximum absolute atomic E-state index is 11.6. The lowest BCUT2D eigenvalue weighted by molar-refractivity contribution is -0.146. The van der Waals surface area contributed by atoms with Gasteiger partial charge in [-0.1, -0.05) is 0 Å². The summed E-state index contributed by atoms with van der Waals surface area (Å²) in [6.07, 6.45) is -0.375. The van der Waals surface area contributed by atoms with Gasteiger partial charge in [-0.25, -0.2) is 9.59 Å². The minimum atomic E-state index is -0.660. The van der Waals surface area contributed by atoms with Crippen molar-refractivity contribution in [3.05, 3.63) is 0 Å². The van der Waals surface area contributed by atoms with Crippen molar-refractivity contribution in [1.29, 1.82) is 5.41 Å². The van der Waals surface area contributed by atoms with Crippen molar-refractivity contribution in [2.24, 2.45) is 0 Å². The Bertz CT molecular complexity index is 333. The number of methoxy groups -OCH3 is 1. The Kier molecular flexibility index (Phi) is 5.81. The van der Waals surface area contributed by atoms with Gasteiger partial charge in [0.25, 0.3) is 0 Å². The first-order valence-corrected chi connectivity index (χ1v) is 5.70. The molecule has 18 heavy (non-hydrogen) atoms. The Labute approximate surface area is 108 Å². The highest BCUT2D eigenvalue weighted by Gasteiger charge is 2.24. The highest BCUT2D eigenvalue weighted by Crippen LogP contribution is 2.10. The van der Waals surface area contributed by atoms with Gasteiger partial charge in [0.1, 0.15) is 11.3 Å². The molecule has 1 atom stereocenters. The number of hydrogen-bond acceptors (Lipinski definition) is 5. The Hall–Kier alpha value is -1.59. The van der Waals surface area contributed by atoms with Crippen molar-refractivity contribution in [2.75, 3.05) is 14.2 Å². The van der Waals surface area contributed by atoms with Crippen LogP contribution in [0.2, 0.25) is 0 Å². The quantitative estimate of drug-likeness (QED) is 0.616. The summed E-state index contributed by atoms with van der Waals surface area (Å²) >= 11 is 0. The fourth-order valence-corrected chi connectivity index (χ4v) is 1.18. The molecule has 1 amide bonds. The Morgan fingerprint density at radius 1 is 1.33 bits per heavy atom. The number of amides is 1. The van der Waals surface area contributed by atoms with Gasteiger partial charge in [-0.2, -0.15) is 0 Å². The monoisotopic (exact) mass is 258 g/mol. The minimum absolute atomic E-state index is 0.126. The maximum atomic E-state index is 11.6. The molecule has 6 nitrogen and oxygen atoms in total. The predicted octanol–water partition coefficient (Wildman–Crippen LogP) is 1.82. The van der Waals surface area contributed by atoms with Gasteiger partial charge in [-0.05, 0) is 27.7 Å². The standard InChI is InChI=1S/C12H22N2O4/c1-8(14(5)11(16)17-6)7-9(13)10(15)18-12(2,3)4/h8,13H,7H2,1-6H3. The van der Waals surface area contributed by atoms with Crippen LogP contribution >= 0.6 is 0 Å². The number of esters is 1. The summed E-state index contributed by atoms with van der Waals surface area (Å²) in [4.78, 5) is 24.2. The number of carbonyl (C=O) groups is 2. The van der Waals surface area contributed by atoms with Crippen LogP contribution in [0.3, 0.4) is 0 Å². The molecule has 0 saturated heterocycles. The number of rotatable bonds is 4. The molecule has 104 valence electrons. The number of ether oxygens (including phenoxy) is 2. The summed E-state index contributed by atoms with van der Waals surface area (Å²) in [5.41, 5.74) is -0.783. The Morgan fingerprint density at radius 3 is 2.22 bits per heavy atom. The zero-order valence-corrected chi connectivity index (χ0v) is 11.9. The minimum Gasteiger partial charge on any atom is -0.456 e. The average Bonchev–Trinajstić information content (AvgIpc) is 2.24. The molecule has 0 radical (unpaired) electrons. The lowest BCUT2D eigenvalue weighted by Crippen LogP contribution is -2.38. The van der Waals surface area contributed by atoms with Crippen LogP contribution in [0.15, 0.2) is 0 Å². The smallest absolute Gasteiger partial charge is 0.409 e. The number of hydrogen-bond donors (Lipinski definition) is 1. The normalized spacial score (nSPS) is 12.6. The molecule has 6 heteroatoms. The van der Waals surface area contributed by atoms with Gasteiger partial charge < -0.3 is 14.4 Å². The van der Waals surface area contributed by atoms with Crippen LogP contribution in [-0.4, -0.2) is 48.5 Å². The molecule has 0 aliphatic heterocycles. The largest absolute Gasteiger partial charge is 0.456 e. The molecule has 0 aliphatic rings. The van der Waals surface area contributed by atoms with Crippen LogP contribution in [0.1, 0.15) is 34.1 Å². The Morgan fingerprint density at radius 2 is 1.83 bits per heavy atom. The number of nitrogens with one attached hydrogen (secondary N) is 1. The lowest BCUT2D eigenvalue weighted by Gasteiger charge is -2.24. The SMILES string of the molecule is COC(=O)N(C)C(C)CC(=N)C(=O)OC(C)(C)C. The number of carbonyl (C=O) groups excluding carboxylic acids is 2. The predicted molar refractivity (Wildman–Crippen MR) is 67.8 cm³/mol. The van der Waals surface area contributed by atoms with E-state index in [9.17, 15) is 9.59 Å². The van der Waals surface area contributed by atoms with Crippen molar-refractivity contribution >= 4 is 17.8 Å². The van der Waals surface area contributed by atoms with Crippen LogP contribution in [0.5, 0.6) is 0 Å². The van der Waals surface area contributed by atoms with Crippen LogP contribution in [0.25, 0.3) is 0 Å². The van der Waals surface area contributed by atoms with Crippen molar-refractivity contribution in [3.8, 4) is 0 Å². The zero-order chi connectivity index (χ0) is 14.5. The molecule has 0 rings (SSSR count). The third-order valence-corrected chi connectivity index (χ3v) is 2.27. The van der Waals surface area contributed by atoms with E-state index < -0.39 is 17.7 Å². The summed E-state index contributed by atoms with van der Waals surface area (Å²) in [6, 6.07) is -0.308. The van der Waals surface area contributed by atoms with Gasteiger partial charge in [0, 0.05) is 19.5 Å². The van der Waals surface area contributed by atoms with E-state index in [0.29, 0.717) is 0 Å². The molecule has 0 aromatic rings. The van der Waals surface area contributed by atoms with Gasteiger partial charge >= 0.3 is 12.1 Å². The third kappa shape index (κ3) is 5.65. The van der Waals surface area contributed by atoms with Gasteiger partial charge in [0.2, 0.25) is 0 Å². The van der Waals surface area contributed by atoms with E-state index in [1.165, 1.54) is 12.0 Å². The van der Waals surface area contributed by atoms with E-state index in [1.54, 1.807) is 34.7 Å². The second-order valence-electron chi connectivity index (χ2n) is 5.11. The average molecular weight is 258 g/mol. The van der Waals surface area contributed by atoms with Crippen LogP contribution in [-0.2, 0) is 14.3 Å². The zero-order valence-electron chi connectivity index (χ0n) is 11.9. The van der Waals surface area contributed by atoms with Gasteiger partial charge in [0.15, 0.2) is 0 Å². The van der Waals surface area contributed by atoms with Crippen molar-refractivity contribution in [1.82, 2.24) is 4.90 Å². The molecule has 0 spiro atoms. The molecular formula is C12H22N2O4. The summed E-state index contributed by atoms with van der Waals surface area (Å²) in [5.74, 6) is -0.660. The van der Waals surface area contributed by atoms with Crippen molar-refractivity contribution in [2.45, 2.75) is 45.8 Å². The first kappa shape index (κ1) is 16.4. The highest BCUT2D eigenvalue weighted by molar-refractivity contribution is 6.35. The summed E-state index contributed by atoms with van der Waals surface area (Å²) in [7, 11) is 2.84. The summed E-state index contributed by atoms with van der Waals surface area (Å²) in [6.45, 7) is 6.95. The summed E-state index contributed by atoms with van der Waals surface area (Å²) in [5, 5.41) is 7.64. The molecule has 1 unspecified atom stereocenters.